The van der Waals surface area contributed by atoms with Crippen molar-refractivity contribution in [2.45, 2.75) is 17.9 Å². The first-order valence-electron chi connectivity index (χ1n) is 7.97. The Bertz CT molecular complexity index is 1140. The highest BCUT2D eigenvalue weighted by molar-refractivity contribution is 7.89. The van der Waals surface area contributed by atoms with Gasteiger partial charge in [0.05, 0.1) is 10.4 Å². The zero-order valence-electron chi connectivity index (χ0n) is 14.0. The third-order valence-corrected chi connectivity index (χ3v) is 5.42. The summed E-state index contributed by atoms with van der Waals surface area (Å²) in [7, 11) is -3.83. The average molecular weight is 410 g/mol. The van der Waals surface area contributed by atoms with Crippen molar-refractivity contribution in [1.29, 1.82) is 0 Å². The molecule has 3 rings (SSSR count). The van der Waals surface area contributed by atoms with Crippen molar-refractivity contribution in [3.63, 3.8) is 0 Å². The van der Waals surface area contributed by atoms with Crippen molar-refractivity contribution in [3.05, 3.63) is 63.6 Å². The summed E-state index contributed by atoms with van der Waals surface area (Å²) < 4.78 is 31.8. The first-order chi connectivity index (χ1) is 12.8. The minimum atomic E-state index is -3.83. The van der Waals surface area contributed by atoms with Gasteiger partial charge in [-0.2, -0.15) is 0 Å². The van der Waals surface area contributed by atoms with Crippen molar-refractivity contribution in [2.24, 2.45) is 0 Å². The largest absolute Gasteiger partial charge is 0.417 e. The number of halogens is 1. The molecule has 0 aliphatic carbocycles. The summed E-state index contributed by atoms with van der Waals surface area (Å²) in [5, 5.41) is 3.27. The van der Waals surface area contributed by atoms with E-state index in [1.807, 2.05) is 6.07 Å². The molecule has 3 aromatic rings. The molecule has 10 heteroatoms. The zero-order valence-corrected chi connectivity index (χ0v) is 15.6. The third-order valence-electron chi connectivity index (χ3n) is 3.73. The molecule has 0 aliphatic rings. The molecule has 142 valence electrons. The van der Waals surface area contributed by atoms with E-state index >= 15 is 0 Å². The van der Waals surface area contributed by atoms with Crippen LogP contribution in [0.4, 0.5) is 0 Å². The summed E-state index contributed by atoms with van der Waals surface area (Å²) in [4.78, 5) is 25.4. The number of fused-ring (bicyclic) bond motifs is 1. The van der Waals surface area contributed by atoms with Gasteiger partial charge in [-0.15, -0.1) is 0 Å². The highest BCUT2D eigenvalue weighted by atomic mass is 35.5. The molecule has 0 atom stereocenters. The van der Waals surface area contributed by atoms with Crippen LogP contribution in [-0.4, -0.2) is 25.9 Å². The van der Waals surface area contributed by atoms with Crippen molar-refractivity contribution < 1.29 is 17.6 Å². The van der Waals surface area contributed by atoms with Gasteiger partial charge in [-0.1, -0.05) is 23.7 Å². The molecular weight excluding hydrogens is 394 g/mol. The first kappa shape index (κ1) is 19.2. The molecule has 8 nitrogen and oxygen atoms in total. The molecule has 0 saturated heterocycles. The number of carbonyl (C=O) groups excluding carboxylic acids is 1. The maximum Gasteiger partial charge on any atom is 0.417 e. The fraction of sp³-hybridized carbons (Fsp3) is 0.176. The number of nitrogens with one attached hydrogen (secondary N) is 3. The lowest BCUT2D eigenvalue weighted by atomic mass is 10.2. The molecule has 0 radical (unpaired) electrons. The van der Waals surface area contributed by atoms with Gasteiger partial charge < -0.3 is 9.73 Å². The average Bonchev–Trinajstić information content (AvgIpc) is 2.99. The third kappa shape index (κ3) is 4.97. The fourth-order valence-corrected chi connectivity index (χ4v) is 3.67. The Hall–Kier alpha value is -2.62. The van der Waals surface area contributed by atoms with Gasteiger partial charge in [0.15, 0.2) is 5.58 Å². The summed E-state index contributed by atoms with van der Waals surface area (Å²) in [6.07, 6.45) is -0.0265. The highest BCUT2D eigenvalue weighted by Gasteiger charge is 2.16. The van der Waals surface area contributed by atoms with Crippen molar-refractivity contribution in [3.8, 4) is 0 Å². The Kier molecular flexibility index (Phi) is 5.64. The number of hydrogen-bond acceptors (Lipinski definition) is 5. The monoisotopic (exact) mass is 409 g/mol. The minimum Gasteiger partial charge on any atom is -0.408 e. The zero-order chi connectivity index (χ0) is 19.4. The Morgan fingerprint density at radius 2 is 2.00 bits per heavy atom. The fourth-order valence-electron chi connectivity index (χ4n) is 2.41. The van der Waals surface area contributed by atoms with E-state index in [2.05, 4.69) is 15.0 Å². The molecule has 3 N–H and O–H groups in total. The molecule has 27 heavy (non-hydrogen) atoms. The molecule has 0 fully saturated rings. The van der Waals surface area contributed by atoms with Crippen LogP contribution < -0.4 is 15.8 Å². The normalized spacial score (nSPS) is 11.6. The van der Waals surface area contributed by atoms with E-state index in [0.717, 1.165) is 5.56 Å². The minimum absolute atomic E-state index is 0.0265. The van der Waals surface area contributed by atoms with Gasteiger partial charge in [-0.25, -0.2) is 17.9 Å². The summed E-state index contributed by atoms with van der Waals surface area (Å²) in [5.41, 5.74) is 1.39. The van der Waals surface area contributed by atoms with E-state index < -0.39 is 15.8 Å². The standard InChI is InChI=1S/C17H16ClN3O5S/c18-12-3-1-2-11(8-12)10-19-16(22)6-7-20-27(24,25)13-4-5-14-15(9-13)26-17(23)21-14/h1-5,8-9,20H,6-7,10H2,(H,19,22)(H,21,23). The van der Waals surface area contributed by atoms with Crippen LogP contribution in [0, 0.1) is 0 Å². The number of rotatable bonds is 7. The van der Waals surface area contributed by atoms with Crippen molar-refractivity contribution in [2.75, 3.05) is 6.54 Å². The number of amides is 1. The van der Waals surface area contributed by atoms with Crippen molar-refractivity contribution >= 4 is 38.6 Å². The number of benzene rings is 2. The molecule has 0 aliphatic heterocycles. The summed E-state index contributed by atoms with van der Waals surface area (Å²) in [5.74, 6) is -0.964. The molecule has 0 spiro atoms. The van der Waals surface area contributed by atoms with Gasteiger partial charge in [0.1, 0.15) is 0 Å². The summed E-state index contributed by atoms with van der Waals surface area (Å²) in [6, 6.07) is 11.1. The van der Waals surface area contributed by atoms with E-state index in [1.54, 1.807) is 18.2 Å². The molecule has 1 aromatic heterocycles. The van der Waals surface area contributed by atoms with Gasteiger partial charge >= 0.3 is 5.76 Å². The Morgan fingerprint density at radius 1 is 1.19 bits per heavy atom. The van der Waals surface area contributed by atoms with Crippen LogP contribution in [0.15, 0.2) is 56.6 Å². The van der Waals surface area contributed by atoms with E-state index in [9.17, 15) is 18.0 Å². The van der Waals surface area contributed by atoms with Crippen LogP contribution in [0.2, 0.25) is 5.02 Å². The van der Waals surface area contributed by atoms with Crippen LogP contribution >= 0.6 is 11.6 Å². The SMILES string of the molecule is O=C(CCNS(=O)(=O)c1ccc2[nH]c(=O)oc2c1)NCc1cccc(Cl)c1. The lowest BCUT2D eigenvalue weighted by molar-refractivity contribution is -0.121. The van der Waals surface area contributed by atoms with Crippen LogP contribution in [0.5, 0.6) is 0 Å². The van der Waals surface area contributed by atoms with Gasteiger partial charge in [0, 0.05) is 30.6 Å². The maximum atomic E-state index is 12.3. The smallest absolute Gasteiger partial charge is 0.408 e. The van der Waals surface area contributed by atoms with E-state index in [0.29, 0.717) is 17.1 Å². The molecule has 1 amide bonds. The Labute approximate surface area is 159 Å². The Balaban J connectivity index is 1.53. The number of carbonyl (C=O) groups is 1. The number of hydrogen-bond donors (Lipinski definition) is 3. The molecule has 0 saturated carbocycles. The lowest BCUT2D eigenvalue weighted by Crippen LogP contribution is -2.30. The second-order valence-corrected chi connectivity index (χ2v) is 7.93. The maximum absolute atomic E-state index is 12.3. The quantitative estimate of drug-likeness (QED) is 0.549. The van der Waals surface area contributed by atoms with Gasteiger partial charge in [-0.3, -0.25) is 9.78 Å². The van der Waals surface area contributed by atoms with Crippen LogP contribution in [0.3, 0.4) is 0 Å². The number of aromatic amines is 1. The van der Waals surface area contributed by atoms with Crippen LogP contribution in [-0.2, 0) is 21.4 Å². The topological polar surface area (TPSA) is 121 Å². The molecule has 0 bridgehead atoms. The Morgan fingerprint density at radius 3 is 2.78 bits per heavy atom. The van der Waals surface area contributed by atoms with Gasteiger partial charge in [0.25, 0.3) is 0 Å². The highest BCUT2D eigenvalue weighted by Crippen LogP contribution is 2.16. The number of aromatic nitrogens is 1. The van der Waals surface area contributed by atoms with Crippen LogP contribution in [0.25, 0.3) is 11.1 Å². The molecule has 1 heterocycles. The number of H-pyrrole nitrogens is 1. The first-order valence-corrected chi connectivity index (χ1v) is 9.83. The predicted octanol–water partition coefficient (Wildman–Crippen LogP) is 1.76. The van der Waals surface area contributed by atoms with Gasteiger partial charge in [0.2, 0.25) is 15.9 Å². The molecular formula is C17H16ClN3O5S. The summed E-state index contributed by atoms with van der Waals surface area (Å²) in [6.45, 7) is 0.230. The van der Waals surface area contributed by atoms with Crippen LogP contribution in [0.1, 0.15) is 12.0 Å². The van der Waals surface area contributed by atoms with E-state index in [-0.39, 0.29) is 29.4 Å². The number of sulfonamides is 1. The second kappa shape index (κ2) is 7.95. The number of oxazole rings is 1. The van der Waals surface area contributed by atoms with E-state index in [4.69, 9.17) is 16.0 Å². The van der Waals surface area contributed by atoms with Crippen molar-refractivity contribution in [1.82, 2.24) is 15.0 Å². The molecule has 0 unspecified atom stereocenters. The summed E-state index contributed by atoms with van der Waals surface area (Å²) >= 11 is 5.87. The van der Waals surface area contributed by atoms with E-state index in [1.165, 1.54) is 18.2 Å². The second-order valence-electron chi connectivity index (χ2n) is 5.73. The lowest BCUT2D eigenvalue weighted by Gasteiger charge is -2.08. The molecule has 2 aromatic carbocycles. The van der Waals surface area contributed by atoms with Gasteiger partial charge in [-0.05, 0) is 29.8 Å². The predicted molar refractivity (Wildman–Crippen MR) is 99.9 cm³/mol.